The molecule has 3 aromatic rings. The SMILES string of the molecule is Cn1c(Nc2ccccc2)ncc(-c2ccc(O)cn2)c1=O. The molecule has 0 aliphatic carbocycles. The van der Waals surface area contributed by atoms with E-state index in [9.17, 15) is 9.90 Å². The lowest BCUT2D eigenvalue weighted by Crippen LogP contribution is -2.22. The Hall–Kier alpha value is -3.15. The zero-order valence-electron chi connectivity index (χ0n) is 11.9. The highest BCUT2D eigenvalue weighted by Crippen LogP contribution is 2.17. The van der Waals surface area contributed by atoms with Crippen LogP contribution in [0.15, 0.2) is 59.7 Å². The first-order valence-electron chi connectivity index (χ1n) is 6.68. The number of hydrogen-bond donors (Lipinski definition) is 2. The average Bonchev–Trinajstić information content (AvgIpc) is 2.54. The van der Waals surface area contributed by atoms with Crippen molar-refractivity contribution in [2.75, 3.05) is 5.32 Å². The molecule has 110 valence electrons. The number of aromatic nitrogens is 3. The Morgan fingerprint density at radius 1 is 1.05 bits per heavy atom. The number of rotatable bonds is 3. The van der Waals surface area contributed by atoms with Gasteiger partial charge in [0.05, 0.1) is 17.5 Å². The van der Waals surface area contributed by atoms with Gasteiger partial charge in [-0.2, -0.15) is 0 Å². The van der Waals surface area contributed by atoms with E-state index in [4.69, 9.17) is 0 Å². The van der Waals surface area contributed by atoms with Crippen LogP contribution in [0.3, 0.4) is 0 Å². The first-order chi connectivity index (χ1) is 10.6. The molecule has 0 bridgehead atoms. The molecule has 0 radical (unpaired) electrons. The molecule has 0 saturated carbocycles. The Morgan fingerprint density at radius 3 is 2.50 bits per heavy atom. The van der Waals surface area contributed by atoms with E-state index in [1.165, 1.54) is 23.0 Å². The molecule has 1 aromatic carbocycles. The van der Waals surface area contributed by atoms with Gasteiger partial charge in [0.25, 0.3) is 5.56 Å². The molecule has 2 aromatic heterocycles. The maximum atomic E-state index is 12.4. The highest BCUT2D eigenvalue weighted by atomic mass is 16.3. The first-order valence-corrected chi connectivity index (χ1v) is 6.68. The molecule has 0 aliphatic heterocycles. The van der Waals surface area contributed by atoms with Gasteiger partial charge in [-0.3, -0.25) is 14.3 Å². The highest BCUT2D eigenvalue weighted by Gasteiger charge is 2.10. The summed E-state index contributed by atoms with van der Waals surface area (Å²) in [6.45, 7) is 0. The Balaban J connectivity index is 1.98. The average molecular weight is 294 g/mol. The normalized spacial score (nSPS) is 10.4. The quantitative estimate of drug-likeness (QED) is 0.774. The van der Waals surface area contributed by atoms with E-state index >= 15 is 0 Å². The lowest BCUT2D eigenvalue weighted by atomic mass is 10.2. The second-order valence-corrected chi connectivity index (χ2v) is 4.75. The van der Waals surface area contributed by atoms with Crippen molar-refractivity contribution < 1.29 is 5.11 Å². The van der Waals surface area contributed by atoms with Crippen molar-refractivity contribution in [3.05, 3.63) is 65.2 Å². The third kappa shape index (κ3) is 2.67. The fourth-order valence-electron chi connectivity index (χ4n) is 2.03. The summed E-state index contributed by atoms with van der Waals surface area (Å²) in [6, 6.07) is 12.6. The fourth-order valence-corrected chi connectivity index (χ4v) is 2.03. The Bertz CT molecular complexity index is 842. The lowest BCUT2D eigenvalue weighted by Gasteiger charge is -2.11. The minimum Gasteiger partial charge on any atom is -0.506 e. The van der Waals surface area contributed by atoms with Crippen LogP contribution in [0.2, 0.25) is 0 Å². The molecule has 0 amide bonds. The van der Waals surface area contributed by atoms with E-state index in [0.29, 0.717) is 17.2 Å². The van der Waals surface area contributed by atoms with Crippen LogP contribution in [0.25, 0.3) is 11.3 Å². The van der Waals surface area contributed by atoms with Crippen LogP contribution < -0.4 is 10.9 Å². The predicted molar refractivity (Wildman–Crippen MR) is 84.1 cm³/mol. The maximum absolute atomic E-state index is 12.4. The number of benzene rings is 1. The van der Waals surface area contributed by atoms with Crippen molar-refractivity contribution in [2.45, 2.75) is 0 Å². The topological polar surface area (TPSA) is 80.0 Å². The van der Waals surface area contributed by atoms with Gasteiger partial charge in [-0.25, -0.2) is 4.98 Å². The van der Waals surface area contributed by atoms with Crippen LogP contribution in [-0.2, 0) is 7.05 Å². The number of anilines is 2. The summed E-state index contributed by atoms with van der Waals surface area (Å²) >= 11 is 0. The van der Waals surface area contributed by atoms with Gasteiger partial charge in [0, 0.05) is 18.9 Å². The van der Waals surface area contributed by atoms with Crippen LogP contribution >= 0.6 is 0 Å². The van der Waals surface area contributed by atoms with Gasteiger partial charge < -0.3 is 10.4 Å². The third-order valence-corrected chi connectivity index (χ3v) is 3.22. The number of aromatic hydroxyl groups is 1. The van der Waals surface area contributed by atoms with E-state index < -0.39 is 0 Å². The molecule has 0 spiro atoms. The first kappa shape index (κ1) is 13.8. The fraction of sp³-hybridized carbons (Fsp3) is 0.0625. The molecule has 2 heterocycles. The number of para-hydroxylation sites is 1. The minimum absolute atomic E-state index is 0.0518. The van der Waals surface area contributed by atoms with E-state index in [-0.39, 0.29) is 11.3 Å². The van der Waals surface area contributed by atoms with Gasteiger partial charge in [-0.05, 0) is 24.3 Å². The largest absolute Gasteiger partial charge is 0.506 e. The van der Waals surface area contributed by atoms with Crippen LogP contribution in [0.1, 0.15) is 0 Å². The zero-order valence-corrected chi connectivity index (χ0v) is 11.9. The van der Waals surface area contributed by atoms with Crippen molar-refractivity contribution in [1.82, 2.24) is 14.5 Å². The molecule has 0 fully saturated rings. The predicted octanol–water partition coefficient (Wildman–Crippen LogP) is 2.29. The lowest BCUT2D eigenvalue weighted by molar-refractivity contribution is 0.473. The molecule has 0 atom stereocenters. The molecule has 0 saturated heterocycles. The molecular weight excluding hydrogens is 280 g/mol. The van der Waals surface area contributed by atoms with E-state index in [0.717, 1.165) is 5.69 Å². The van der Waals surface area contributed by atoms with Crippen LogP contribution in [0.5, 0.6) is 5.75 Å². The zero-order chi connectivity index (χ0) is 15.5. The summed E-state index contributed by atoms with van der Waals surface area (Å²) in [6.07, 6.45) is 2.78. The number of pyridine rings is 1. The standard InChI is InChI=1S/C16H14N4O2/c1-20-15(22)13(14-8-7-12(21)9-17-14)10-18-16(20)19-11-5-3-2-4-6-11/h2-10,21H,1H3,(H,18,19). The summed E-state index contributed by atoms with van der Waals surface area (Å²) in [7, 11) is 1.64. The summed E-state index contributed by atoms with van der Waals surface area (Å²) in [4.78, 5) is 20.8. The third-order valence-electron chi connectivity index (χ3n) is 3.22. The van der Waals surface area contributed by atoms with Crippen LogP contribution in [0.4, 0.5) is 11.6 Å². The second kappa shape index (κ2) is 5.69. The number of hydrogen-bond acceptors (Lipinski definition) is 5. The molecule has 2 N–H and O–H groups in total. The molecular formula is C16H14N4O2. The molecule has 22 heavy (non-hydrogen) atoms. The summed E-state index contributed by atoms with van der Waals surface area (Å²) < 4.78 is 1.43. The molecule has 0 unspecified atom stereocenters. The summed E-state index contributed by atoms with van der Waals surface area (Å²) in [5.74, 6) is 0.495. The minimum atomic E-state index is -0.216. The highest BCUT2D eigenvalue weighted by molar-refractivity contribution is 5.60. The van der Waals surface area contributed by atoms with E-state index in [1.807, 2.05) is 30.3 Å². The molecule has 6 nitrogen and oxygen atoms in total. The van der Waals surface area contributed by atoms with Gasteiger partial charge in [0.1, 0.15) is 5.75 Å². The van der Waals surface area contributed by atoms with Crippen molar-refractivity contribution in [3.63, 3.8) is 0 Å². The smallest absolute Gasteiger partial charge is 0.264 e. The number of nitrogens with zero attached hydrogens (tertiary/aromatic N) is 3. The van der Waals surface area contributed by atoms with Gasteiger partial charge >= 0.3 is 0 Å². The van der Waals surface area contributed by atoms with Gasteiger partial charge in [0.2, 0.25) is 5.95 Å². The monoisotopic (exact) mass is 294 g/mol. The molecule has 3 rings (SSSR count). The van der Waals surface area contributed by atoms with Gasteiger partial charge in [0.15, 0.2) is 0 Å². The van der Waals surface area contributed by atoms with Crippen LogP contribution in [0, 0.1) is 0 Å². The van der Waals surface area contributed by atoms with Crippen molar-refractivity contribution in [1.29, 1.82) is 0 Å². The van der Waals surface area contributed by atoms with Crippen molar-refractivity contribution in [3.8, 4) is 17.0 Å². The molecule has 0 aliphatic rings. The Morgan fingerprint density at radius 2 is 1.82 bits per heavy atom. The number of nitrogens with one attached hydrogen (secondary N) is 1. The Kier molecular flexibility index (Phi) is 3.57. The van der Waals surface area contributed by atoms with Crippen molar-refractivity contribution in [2.24, 2.45) is 7.05 Å². The van der Waals surface area contributed by atoms with Gasteiger partial charge in [-0.1, -0.05) is 18.2 Å². The van der Waals surface area contributed by atoms with Crippen LogP contribution in [-0.4, -0.2) is 19.6 Å². The van der Waals surface area contributed by atoms with Crippen molar-refractivity contribution >= 4 is 11.6 Å². The van der Waals surface area contributed by atoms with E-state index in [1.54, 1.807) is 13.1 Å². The van der Waals surface area contributed by atoms with E-state index in [2.05, 4.69) is 15.3 Å². The second-order valence-electron chi connectivity index (χ2n) is 4.75. The molecule has 6 heteroatoms. The van der Waals surface area contributed by atoms with Gasteiger partial charge in [-0.15, -0.1) is 0 Å². The summed E-state index contributed by atoms with van der Waals surface area (Å²) in [5.41, 5.74) is 1.48. The Labute approximate surface area is 126 Å². The summed E-state index contributed by atoms with van der Waals surface area (Å²) in [5, 5.41) is 12.4. The maximum Gasteiger partial charge on any atom is 0.264 e.